The summed E-state index contributed by atoms with van der Waals surface area (Å²) in [4.78, 5) is 27.1. The third-order valence-corrected chi connectivity index (χ3v) is 6.35. The third kappa shape index (κ3) is 5.14. The van der Waals surface area contributed by atoms with E-state index < -0.39 is 5.97 Å². The number of carboxylic acid groups (broad SMARTS) is 1. The number of aromatic nitrogens is 2. The van der Waals surface area contributed by atoms with Crippen LogP contribution in [0.4, 0.5) is 5.82 Å². The third-order valence-electron chi connectivity index (χ3n) is 6.35. The second-order valence-electron chi connectivity index (χ2n) is 9.28. The zero-order chi connectivity index (χ0) is 24.2. The van der Waals surface area contributed by atoms with Crippen LogP contribution in [0.5, 0.6) is 11.5 Å². The van der Waals surface area contributed by atoms with Crippen molar-refractivity contribution in [2.75, 3.05) is 4.90 Å². The van der Waals surface area contributed by atoms with Crippen LogP contribution in [0.2, 0.25) is 0 Å². The summed E-state index contributed by atoms with van der Waals surface area (Å²) < 4.78 is 7.35. The summed E-state index contributed by atoms with van der Waals surface area (Å²) in [7, 11) is 0. The van der Waals surface area contributed by atoms with Crippen LogP contribution in [0.15, 0.2) is 60.8 Å². The first-order valence-electron chi connectivity index (χ1n) is 11.8. The molecule has 0 saturated heterocycles. The summed E-state index contributed by atoms with van der Waals surface area (Å²) in [5, 5.41) is 14.4. The second-order valence-corrected chi connectivity index (χ2v) is 9.28. The van der Waals surface area contributed by atoms with Crippen LogP contribution in [0, 0.1) is 11.8 Å². The monoisotopic (exact) mass is 461 g/mol. The van der Waals surface area contributed by atoms with E-state index in [0.29, 0.717) is 17.4 Å². The molecule has 34 heavy (non-hydrogen) atoms. The Morgan fingerprint density at radius 1 is 1.00 bits per heavy atom. The molecule has 0 bridgehead atoms. The number of nitrogens with zero attached hydrogens (tertiary/aromatic N) is 3. The number of hydrogen-bond acceptors (Lipinski definition) is 4. The van der Waals surface area contributed by atoms with E-state index in [-0.39, 0.29) is 29.2 Å². The molecular formula is C27H31N3O4. The second kappa shape index (κ2) is 10.1. The predicted molar refractivity (Wildman–Crippen MR) is 131 cm³/mol. The Bertz CT molecular complexity index is 1130. The van der Waals surface area contributed by atoms with E-state index in [2.05, 4.69) is 12.0 Å². The molecule has 1 aliphatic rings. The predicted octanol–water partition coefficient (Wildman–Crippen LogP) is 5.93. The molecule has 1 fully saturated rings. The van der Waals surface area contributed by atoms with Gasteiger partial charge in [0.15, 0.2) is 5.82 Å². The van der Waals surface area contributed by atoms with E-state index in [1.807, 2.05) is 56.3 Å². The van der Waals surface area contributed by atoms with Crippen LogP contribution < -0.4 is 9.64 Å². The number of rotatable bonds is 7. The van der Waals surface area contributed by atoms with Gasteiger partial charge in [0.05, 0.1) is 5.69 Å². The van der Waals surface area contributed by atoms with Crippen molar-refractivity contribution >= 4 is 17.7 Å². The van der Waals surface area contributed by atoms with Crippen LogP contribution in [-0.2, 0) is 4.79 Å². The van der Waals surface area contributed by atoms with Crippen molar-refractivity contribution in [1.29, 1.82) is 0 Å². The Kier molecular flexibility index (Phi) is 7.01. The highest BCUT2D eigenvalue weighted by molar-refractivity contribution is 6.01. The van der Waals surface area contributed by atoms with Crippen molar-refractivity contribution < 1.29 is 19.4 Å². The van der Waals surface area contributed by atoms with Gasteiger partial charge in [-0.25, -0.2) is 9.48 Å². The highest BCUT2D eigenvalue weighted by atomic mass is 16.5. The van der Waals surface area contributed by atoms with Crippen molar-refractivity contribution in [2.24, 2.45) is 11.8 Å². The molecule has 0 radical (unpaired) electrons. The summed E-state index contributed by atoms with van der Waals surface area (Å²) >= 11 is 0. The molecule has 1 saturated carbocycles. The molecule has 0 spiro atoms. The average molecular weight is 462 g/mol. The smallest absolute Gasteiger partial charge is 0.341 e. The van der Waals surface area contributed by atoms with Crippen LogP contribution in [0.3, 0.4) is 0 Å². The lowest BCUT2D eigenvalue weighted by atomic mass is 9.82. The van der Waals surface area contributed by atoms with Crippen molar-refractivity contribution in [1.82, 2.24) is 9.78 Å². The largest absolute Gasteiger partial charge is 0.477 e. The number of anilines is 1. The normalized spacial score (nSPS) is 18.0. The number of para-hydroxylation sites is 1. The summed E-state index contributed by atoms with van der Waals surface area (Å²) in [5.41, 5.74) is 0.688. The molecule has 0 aliphatic heterocycles. The maximum absolute atomic E-state index is 13.5. The Hall–Kier alpha value is -3.61. The Morgan fingerprint density at radius 2 is 1.62 bits per heavy atom. The number of carboxylic acids is 1. The minimum Gasteiger partial charge on any atom is -0.477 e. The molecule has 1 aromatic heterocycles. The molecule has 0 unspecified atom stereocenters. The Balaban J connectivity index is 1.61. The fourth-order valence-corrected chi connectivity index (χ4v) is 4.42. The summed E-state index contributed by atoms with van der Waals surface area (Å²) in [6.45, 7) is 5.99. The van der Waals surface area contributed by atoms with Crippen molar-refractivity contribution in [3.05, 3.63) is 66.4 Å². The zero-order valence-corrected chi connectivity index (χ0v) is 19.8. The molecule has 4 rings (SSSR count). The van der Waals surface area contributed by atoms with Crippen molar-refractivity contribution in [3.8, 4) is 17.2 Å². The molecule has 3 aromatic rings. The fraction of sp³-hybridized carbons (Fsp3) is 0.370. The molecule has 1 amide bonds. The summed E-state index contributed by atoms with van der Waals surface area (Å²) in [5.74, 6) is 0.955. The first-order chi connectivity index (χ1) is 16.3. The number of carbonyl (C=O) groups is 2. The van der Waals surface area contributed by atoms with Crippen LogP contribution in [0.1, 0.15) is 56.8 Å². The van der Waals surface area contributed by atoms with Gasteiger partial charge in [0, 0.05) is 18.2 Å². The van der Waals surface area contributed by atoms with Gasteiger partial charge in [0.1, 0.15) is 17.1 Å². The fourth-order valence-electron chi connectivity index (χ4n) is 4.42. The molecule has 1 N–H and O–H groups in total. The van der Waals surface area contributed by atoms with E-state index in [1.165, 1.54) is 10.9 Å². The number of benzene rings is 2. The minimum absolute atomic E-state index is 0.0100. The van der Waals surface area contributed by atoms with Gasteiger partial charge in [-0.3, -0.25) is 9.69 Å². The van der Waals surface area contributed by atoms with Gasteiger partial charge in [0.2, 0.25) is 5.91 Å². The lowest BCUT2D eigenvalue weighted by Gasteiger charge is -2.32. The maximum Gasteiger partial charge on any atom is 0.341 e. The highest BCUT2D eigenvalue weighted by Gasteiger charge is 2.34. The molecule has 7 nitrogen and oxygen atoms in total. The molecule has 1 heterocycles. The molecule has 0 atom stereocenters. The number of hydrogen-bond donors (Lipinski definition) is 1. The maximum atomic E-state index is 13.5. The van der Waals surface area contributed by atoms with Gasteiger partial charge >= 0.3 is 5.97 Å². The molecule has 178 valence electrons. The van der Waals surface area contributed by atoms with Gasteiger partial charge in [-0.15, -0.1) is 5.10 Å². The van der Waals surface area contributed by atoms with Crippen LogP contribution >= 0.6 is 0 Å². The lowest BCUT2D eigenvalue weighted by molar-refractivity contribution is -0.123. The van der Waals surface area contributed by atoms with E-state index in [0.717, 1.165) is 31.4 Å². The zero-order valence-electron chi connectivity index (χ0n) is 19.8. The summed E-state index contributed by atoms with van der Waals surface area (Å²) in [6.07, 6.45) is 5.15. The van der Waals surface area contributed by atoms with Gasteiger partial charge in [0.25, 0.3) is 0 Å². The molecular weight excluding hydrogens is 430 g/mol. The highest BCUT2D eigenvalue weighted by Crippen LogP contribution is 2.33. The van der Waals surface area contributed by atoms with E-state index in [9.17, 15) is 14.7 Å². The number of carbonyl (C=O) groups excluding carboxylic acids is 1. The number of amides is 1. The Labute approximate surface area is 200 Å². The first kappa shape index (κ1) is 23.5. The van der Waals surface area contributed by atoms with Gasteiger partial charge in [-0.1, -0.05) is 25.1 Å². The quantitative estimate of drug-likeness (QED) is 0.471. The number of aromatic carboxylic acids is 1. The topological polar surface area (TPSA) is 84.7 Å². The van der Waals surface area contributed by atoms with Crippen molar-refractivity contribution in [3.63, 3.8) is 0 Å². The van der Waals surface area contributed by atoms with E-state index in [1.54, 1.807) is 17.0 Å². The van der Waals surface area contributed by atoms with E-state index >= 15 is 0 Å². The van der Waals surface area contributed by atoms with Crippen LogP contribution in [-0.4, -0.2) is 32.8 Å². The standard InChI is InChI=1S/C27H31N3O4/c1-18(2)30(26(31)20-11-9-19(3)10-12-20)25-24(27(32)33)17-29(28-25)21-13-15-23(16-14-21)34-22-7-5-4-6-8-22/h4-8,13-20H,9-12H2,1-3H3,(H,32,33)/t19-,20-. The SMILES string of the molecule is CC(C)N(c1nn(-c2ccc(Oc3ccccc3)cc2)cc1C(=O)O)C(=O)[C@H]1CC[C@H](C)CC1. The van der Waals surface area contributed by atoms with Gasteiger partial charge in [-0.2, -0.15) is 0 Å². The van der Waals surface area contributed by atoms with Gasteiger partial charge < -0.3 is 9.84 Å². The summed E-state index contributed by atoms with van der Waals surface area (Å²) in [6, 6.07) is 16.5. The molecule has 1 aliphatic carbocycles. The van der Waals surface area contributed by atoms with Crippen LogP contribution in [0.25, 0.3) is 5.69 Å². The molecule has 7 heteroatoms. The minimum atomic E-state index is -1.11. The molecule has 2 aromatic carbocycles. The van der Waals surface area contributed by atoms with Gasteiger partial charge in [-0.05, 0) is 81.8 Å². The first-order valence-corrected chi connectivity index (χ1v) is 11.8. The van der Waals surface area contributed by atoms with E-state index in [4.69, 9.17) is 4.74 Å². The lowest BCUT2D eigenvalue weighted by Crippen LogP contribution is -2.43. The number of ether oxygens (including phenoxy) is 1. The van der Waals surface area contributed by atoms with Crippen molar-refractivity contribution in [2.45, 2.75) is 52.5 Å². The average Bonchev–Trinajstić information content (AvgIpc) is 3.26. The Morgan fingerprint density at radius 3 is 2.21 bits per heavy atom.